The number of ketones is 1. The predicted octanol–water partition coefficient (Wildman–Crippen LogP) is 1.49. The van der Waals surface area contributed by atoms with Crippen LogP contribution in [0.1, 0.15) is 48.8 Å². The molecule has 34 heavy (non-hydrogen) atoms. The van der Waals surface area contributed by atoms with Crippen molar-refractivity contribution in [2.45, 2.75) is 40.2 Å². The number of quaternary nitrogens is 1. The third kappa shape index (κ3) is 4.23. The molecule has 0 bridgehead atoms. The van der Waals surface area contributed by atoms with E-state index in [0.29, 0.717) is 23.6 Å². The second-order valence-corrected chi connectivity index (χ2v) is 8.92. The van der Waals surface area contributed by atoms with Crippen LogP contribution in [0.3, 0.4) is 0 Å². The third-order valence-corrected chi connectivity index (χ3v) is 6.77. The van der Waals surface area contributed by atoms with Gasteiger partial charge >= 0.3 is 0 Å². The number of likely N-dealkylation sites (tertiary alicyclic amines) is 1. The summed E-state index contributed by atoms with van der Waals surface area (Å²) in [5, 5.41) is 13.9. The minimum Gasteiger partial charge on any atom is -0.871 e. The molecule has 1 fully saturated rings. The fourth-order valence-electron chi connectivity index (χ4n) is 4.81. The minimum atomic E-state index is -0.712. The minimum absolute atomic E-state index is 0.0118. The normalized spacial score (nSPS) is 17.9. The van der Waals surface area contributed by atoms with E-state index in [1.807, 2.05) is 49.4 Å². The van der Waals surface area contributed by atoms with Gasteiger partial charge in [-0.2, -0.15) is 0 Å². The lowest BCUT2D eigenvalue weighted by Crippen LogP contribution is -3.11. The highest BCUT2D eigenvalue weighted by molar-refractivity contribution is 6.46. The maximum Gasteiger partial charge on any atom is 0.295 e. The molecule has 1 saturated heterocycles. The van der Waals surface area contributed by atoms with Gasteiger partial charge in [0.2, 0.25) is 5.78 Å². The van der Waals surface area contributed by atoms with E-state index in [-0.39, 0.29) is 5.57 Å². The van der Waals surface area contributed by atoms with Crippen LogP contribution in [0.15, 0.2) is 54.2 Å². The molecule has 4 rings (SSSR count). The Morgan fingerprint density at radius 3 is 2.44 bits per heavy atom. The summed E-state index contributed by atoms with van der Waals surface area (Å²) in [4.78, 5) is 34.0. The molecule has 0 aliphatic carbocycles. The van der Waals surface area contributed by atoms with Gasteiger partial charge in [0.15, 0.2) is 0 Å². The average Bonchev–Trinajstić information content (AvgIpc) is 3.30. The molecule has 0 radical (unpaired) electrons. The van der Waals surface area contributed by atoms with Crippen molar-refractivity contribution in [1.82, 2.24) is 14.3 Å². The number of fused-ring (bicyclic) bond motifs is 1. The quantitative estimate of drug-likeness (QED) is 0.314. The first-order valence-corrected chi connectivity index (χ1v) is 12.0. The number of Topliss-reactive ketones (excluding diaryl/α,β-unsaturated/α-hetero) is 1. The molecule has 3 aromatic rings. The molecular weight excluding hydrogens is 428 g/mol. The van der Waals surface area contributed by atoms with Crippen molar-refractivity contribution < 1.29 is 19.6 Å². The Balaban J connectivity index is 1.81. The van der Waals surface area contributed by atoms with Gasteiger partial charge in [0.25, 0.3) is 5.91 Å². The summed E-state index contributed by atoms with van der Waals surface area (Å²) < 4.78 is 1.70. The number of aryl methyl sites for hydroxylation is 2. The van der Waals surface area contributed by atoms with E-state index >= 15 is 0 Å². The smallest absolute Gasteiger partial charge is 0.295 e. The highest BCUT2D eigenvalue weighted by atomic mass is 16.3. The van der Waals surface area contributed by atoms with Gasteiger partial charge in [-0.05, 0) is 45.4 Å². The largest absolute Gasteiger partial charge is 0.871 e. The average molecular weight is 461 g/mol. The maximum atomic E-state index is 13.9. The summed E-state index contributed by atoms with van der Waals surface area (Å²) in [6.45, 7) is 11.4. The lowest BCUT2D eigenvalue weighted by atomic mass is 9.95. The number of rotatable bonds is 8. The number of amides is 1. The second-order valence-electron chi connectivity index (χ2n) is 8.92. The maximum absolute atomic E-state index is 13.9. The van der Waals surface area contributed by atoms with E-state index in [4.69, 9.17) is 0 Å². The van der Waals surface area contributed by atoms with Gasteiger partial charge in [-0.3, -0.25) is 9.59 Å². The van der Waals surface area contributed by atoms with Gasteiger partial charge in [-0.25, -0.2) is 4.98 Å². The first-order chi connectivity index (χ1) is 16.4. The fourth-order valence-corrected chi connectivity index (χ4v) is 4.81. The Labute approximate surface area is 200 Å². The first kappa shape index (κ1) is 23.7. The Kier molecular flexibility index (Phi) is 6.84. The van der Waals surface area contributed by atoms with Crippen molar-refractivity contribution >= 4 is 23.1 Å². The number of nitrogens with zero attached hydrogens (tertiary/aromatic N) is 3. The molecule has 1 atom stereocenters. The summed E-state index contributed by atoms with van der Waals surface area (Å²) in [5.74, 6) is -1.75. The van der Waals surface area contributed by atoms with Crippen LogP contribution in [-0.4, -0.2) is 52.2 Å². The monoisotopic (exact) mass is 460 g/mol. The number of hydrogen-bond acceptors (Lipinski definition) is 4. The van der Waals surface area contributed by atoms with E-state index in [9.17, 15) is 14.7 Å². The van der Waals surface area contributed by atoms with Crippen LogP contribution in [0.2, 0.25) is 0 Å². The molecule has 0 saturated carbocycles. The van der Waals surface area contributed by atoms with E-state index in [0.717, 1.165) is 37.2 Å². The molecule has 1 aliphatic heterocycles. The molecule has 2 aromatic heterocycles. The van der Waals surface area contributed by atoms with Crippen molar-refractivity contribution in [3.05, 3.63) is 76.7 Å². The summed E-state index contributed by atoms with van der Waals surface area (Å²) in [5.41, 5.74) is 3.36. The zero-order chi connectivity index (χ0) is 24.4. The van der Waals surface area contributed by atoms with Crippen LogP contribution in [0.5, 0.6) is 0 Å². The zero-order valence-corrected chi connectivity index (χ0v) is 20.3. The van der Waals surface area contributed by atoms with Gasteiger partial charge in [0, 0.05) is 24.7 Å². The van der Waals surface area contributed by atoms with Crippen LogP contribution < -0.4 is 10.0 Å². The molecule has 7 nitrogen and oxygen atoms in total. The molecule has 1 aliphatic rings. The van der Waals surface area contributed by atoms with Crippen molar-refractivity contribution in [3.63, 3.8) is 0 Å². The van der Waals surface area contributed by atoms with E-state index in [2.05, 4.69) is 18.8 Å². The summed E-state index contributed by atoms with van der Waals surface area (Å²) in [7, 11) is 0. The van der Waals surface area contributed by atoms with Crippen molar-refractivity contribution in [2.75, 3.05) is 26.2 Å². The van der Waals surface area contributed by atoms with Crippen LogP contribution in [0.25, 0.3) is 11.4 Å². The zero-order valence-electron chi connectivity index (χ0n) is 20.3. The van der Waals surface area contributed by atoms with Crippen molar-refractivity contribution in [1.29, 1.82) is 0 Å². The number of pyridine rings is 1. The highest BCUT2D eigenvalue weighted by Gasteiger charge is 2.44. The van der Waals surface area contributed by atoms with Crippen LogP contribution >= 0.6 is 0 Å². The Morgan fingerprint density at radius 2 is 1.76 bits per heavy atom. The molecule has 0 spiro atoms. The molecule has 178 valence electrons. The number of carbonyl (C=O) groups excluding carboxylic acids is 2. The van der Waals surface area contributed by atoms with Gasteiger partial charge in [0.05, 0.1) is 37.1 Å². The molecule has 1 aromatic carbocycles. The number of aromatic nitrogens is 2. The van der Waals surface area contributed by atoms with Gasteiger partial charge in [0.1, 0.15) is 5.65 Å². The van der Waals surface area contributed by atoms with Crippen LogP contribution in [-0.2, 0) is 9.59 Å². The van der Waals surface area contributed by atoms with E-state index in [1.54, 1.807) is 22.4 Å². The number of carbonyl (C=O) groups is 2. The number of nitrogens with one attached hydrogen (secondary N) is 1. The molecule has 1 unspecified atom stereocenters. The van der Waals surface area contributed by atoms with Gasteiger partial charge < -0.3 is 19.3 Å². The van der Waals surface area contributed by atoms with Crippen LogP contribution in [0.4, 0.5) is 0 Å². The number of imidazole rings is 1. The standard InChI is InChI=1S/C27H32N4O3/c1-5-29(6-2)15-9-17-31-24(20-13-11-18(3)12-14-20)22(26(33)27(31)34)25(32)23-19(4)28-21-10-7-8-16-30(21)23/h7-8,10-14,16,24,32H,5-6,9,15,17H2,1-4H3/b25-22+. The fraction of sp³-hybridized carbons (Fsp3) is 0.370. The topological polar surface area (TPSA) is 82.2 Å². The number of benzene rings is 1. The molecular formula is C27H32N4O3. The summed E-state index contributed by atoms with van der Waals surface area (Å²) in [6, 6.07) is 12.5. The SMILES string of the molecule is CC[NH+](CC)CCCN1C(=O)C(=O)/C(=C(/[O-])c2c(C)nc3ccccn23)C1c1ccc(C)cc1. The predicted molar refractivity (Wildman–Crippen MR) is 129 cm³/mol. The van der Waals surface area contributed by atoms with Crippen LogP contribution in [0, 0.1) is 13.8 Å². The van der Waals surface area contributed by atoms with Gasteiger partial charge in [-0.1, -0.05) is 41.7 Å². The number of hydrogen-bond donors (Lipinski definition) is 1. The third-order valence-electron chi connectivity index (χ3n) is 6.77. The Bertz CT molecular complexity index is 1240. The van der Waals surface area contributed by atoms with E-state index < -0.39 is 23.5 Å². The Hall–Kier alpha value is -3.45. The highest BCUT2D eigenvalue weighted by Crippen LogP contribution is 2.39. The first-order valence-electron chi connectivity index (χ1n) is 12.0. The summed E-state index contributed by atoms with van der Waals surface area (Å²) in [6.07, 6.45) is 2.52. The molecule has 7 heteroatoms. The van der Waals surface area contributed by atoms with Gasteiger partial charge in [-0.15, -0.1) is 0 Å². The van der Waals surface area contributed by atoms with E-state index in [1.165, 1.54) is 4.90 Å². The Morgan fingerprint density at radius 1 is 1.06 bits per heavy atom. The lowest BCUT2D eigenvalue weighted by Gasteiger charge is -2.28. The van der Waals surface area contributed by atoms with Crippen molar-refractivity contribution in [2.24, 2.45) is 0 Å². The summed E-state index contributed by atoms with van der Waals surface area (Å²) >= 11 is 0. The van der Waals surface area contributed by atoms with Crippen molar-refractivity contribution in [3.8, 4) is 0 Å². The molecule has 1 amide bonds. The molecule has 1 N–H and O–H groups in total. The second kappa shape index (κ2) is 9.81. The molecule has 3 heterocycles. The lowest BCUT2D eigenvalue weighted by molar-refractivity contribution is -0.896.